The number of anilines is 1. The molecule has 0 aliphatic heterocycles. The van der Waals surface area contributed by atoms with Gasteiger partial charge in [-0.1, -0.05) is 6.07 Å². The van der Waals surface area contributed by atoms with Crippen LogP contribution in [-0.2, 0) is 9.84 Å². The molecule has 128 valence electrons. The summed E-state index contributed by atoms with van der Waals surface area (Å²) < 4.78 is 28.2. The van der Waals surface area contributed by atoms with E-state index in [1.165, 1.54) is 30.5 Å². The lowest BCUT2D eigenvalue weighted by atomic mass is 10.2. The molecule has 0 radical (unpaired) electrons. The van der Waals surface area contributed by atoms with E-state index in [4.69, 9.17) is 4.42 Å². The maximum absolute atomic E-state index is 11.7. The molecule has 2 N–H and O–H groups in total. The van der Waals surface area contributed by atoms with Crippen molar-refractivity contribution in [2.45, 2.75) is 4.90 Å². The van der Waals surface area contributed by atoms with E-state index < -0.39 is 26.4 Å². The predicted molar refractivity (Wildman–Crippen MR) is 85.7 cm³/mol. The van der Waals surface area contributed by atoms with E-state index in [1.54, 1.807) is 6.07 Å². The molecule has 0 saturated heterocycles. The Hall–Kier alpha value is -2.88. The number of carbonyl (C=O) groups excluding carboxylic acids is 1. The molecule has 0 atom stereocenters. The second-order valence-electron chi connectivity index (χ2n) is 4.84. The first-order chi connectivity index (χ1) is 11.3. The molecule has 0 spiro atoms. The Kier molecular flexibility index (Phi) is 5.19. The largest absolute Gasteiger partial charge is 0.459 e. The van der Waals surface area contributed by atoms with Gasteiger partial charge in [0.25, 0.3) is 5.91 Å². The molecule has 2 aromatic rings. The molecule has 0 unspecified atom stereocenters. The number of nitro benzene ring substituents is 1. The van der Waals surface area contributed by atoms with Gasteiger partial charge in [-0.05, 0) is 24.3 Å². The summed E-state index contributed by atoms with van der Waals surface area (Å²) in [7, 11) is -3.74. The first-order valence-electron chi connectivity index (χ1n) is 6.83. The minimum Gasteiger partial charge on any atom is -0.459 e. The molecule has 1 aromatic heterocycles. The fourth-order valence-corrected chi connectivity index (χ4v) is 2.88. The number of nitro groups is 1. The molecule has 9 nitrogen and oxygen atoms in total. The van der Waals surface area contributed by atoms with Crippen molar-refractivity contribution < 1.29 is 22.6 Å². The average Bonchev–Trinajstić information content (AvgIpc) is 3.04. The van der Waals surface area contributed by atoms with E-state index in [0.717, 1.165) is 6.26 Å². The fraction of sp³-hybridized carbons (Fsp3) is 0.214. The smallest absolute Gasteiger partial charge is 0.310 e. The van der Waals surface area contributed by atoms with Crippen LogP contribution in [0, 0.1) is 10.1 Å². The van der Waals surface area contributed by atoms with E-state index in [0.29, 0.717) is 0 Å². The molecule has 0 saturated carbocycles. The van der Waals surface area contributed by atoms with E-state index in [-0.39, 0.29) is 29.4 Å². The molecular formula is C14H15N3O6S. The van der Waals surface area contributed by atoms with Crippen molar-refractivity contribution in [1.29, 1.82) is 0 Å². The predicted octanol–water partition coefficient (Wildman–Crippen LogP) is 1.43. The number of furan rings is 1. The third kappa shape index (κ3) is 4.10. The van der Waals surface area contributed by atoms with E-state index >= 15 is 0 Å². The highest BCUT2D eigenvalue weighted by molar-refractivity contribution is 7.90. The standard InChI is InChI=1S/C14H15N3O6S/c1-24(21,22)12-6-2-4-10(13(12)17(19)20)15-7-8-16-14(18)11-5-3-9-23-11/h2-6,9,15H,7-8H2,1H3,(H,16,18). The summed E-state index contributed by atoms with van der Waals surface area (Å²) in [6.07, 6.45) is 2.27. The zero-order valence-electron chi connectivity index (χ0n) is 12.7. The summed E-state index contributed by atoms with van der Waals surface area (Å²) >= 11 is 0. The number of sulfone groups is 1. The summed E-state index contributed by atoms with van der Waals surface area (Å²) in [5.74, 6) is -0.263. The molecule has 0 aliphatic rings. The van der Waals surface area contributed by atoms with Crippen LogP contribution in [0.5, 0.6) is 0 Å². The SMILES string of the molecule is CS(=O)(=O)c1cccc(NCCNC(=O)c2ccco2)c1[N+](=O)[O-]. The highest BCUT2D eigenvalue weighted by Gasteiger charge is 2.25. The van der Waals surface area contributed by atoms with Gasteiger partial charge >= 0.3 is 5.69 Å². The zero-order valence-corrected chi connectivity index (χ0v) is 13.5. The number of nitrogens with one attached hydrogen (secondary N) is 2. The molecule has 10 heteroatoms. The summed E-state index contributed by atoms with van der Waals surface area (Å²) in [6.45, 7) is 0.334. The van der Waals surface area contributed by atoms with Crippen LogP contribution in [0.15, 0.2) is 45.9 Å². The lowest BCUT2D eigenvalue weighted by Gasteiger charge is -2.09. The van der Waals surface area contributed by atoms with Gasteiger partial charge in [0.1, 0.15) is 10.6 Å². The zero-order chi connectivity index (χ0) is 17.7. The fourth-order valence-electron chi connectivity index (χ4n) is 2.02. The van der Waals surface area contributed by atoms with Crippen LogP contribution < -0.4 is 10.6 Å². The number of hydrogen-bond acceptors (Lipinski definition) is 7. The molecule has 0 bridgehead atoms. The maximum atomic E-state index is 11.7. The summed E-state index contributed by atoms with van der Waals surface area (Å²) in [5, 5.41) is 16.5. The Labute approximate surface area is 137 Å². The number of amides is 1. The molecule has 1 heterocycles. The van der Waals surface area contributed by atoms with Crippen molar-refractivity contribution in [3.8, 4) is 0 Å². The third-order valence-corrected chi connectivity index (χ3v) is 4.18. The number of para-hydroxylation sites is 1. The summed E-state index contributed by atoms with van der Waals surface area (Å²) in [6, 6.07) is 7.07. The van der Waals surface area contributed by atoms with E-state index in [9.17, 15) is 23.3 Å². The van der Waals surface area contributed by atoms with Gasteiger partial charge in [-0.15, -0.1) is 0 Å². The molecule has 24 heavy (non-hydrogen) atoms. The van der Waals surface area contributed by atoms with Gasteiger partial charge in [0, 0.05) is 19.3 Å². The highest BCUT2D eigenvalue weighted by Crippen LogP contribution is 2.31. The number of benzene rings is 1. The van der Waals surface area contributed by atoms with Crippen LogP contribution in [0.1, 0.15) is 10.6 Å². The van der Waals surface area contributed by atoms with Gasteiger partial charge in [-0.3, -0.25) is 14.9 Å². The van der Waals surface area contributed by atoms with Gasteiger partial charge in [0.15, 0.2) is 15.6 Å². The normalized spacial score (nSPS) is 11.0. The third-order valence-electron chi connectivity index (χ3n) is 3.05. The lowest BCUT2D eigenvalue weighted by molar-refractivity contribution is -0.386. The van der Waals surface area contributed by atoms with Crippen LogP contribution in [0.4, 0.5) is 11.4 Å². The van der Waals surface area contributed by atoms with E-state index in [1.807, 2.05) is 0 Å². The van der Waals surface area contributed by atoms with Crippen LogP contribution in [0.3, 0.4) is 0 Å². The molecule has 1 amide bonds. The minimum atomic E-state index is -3.74. The quantitative estimate of drug-likeness (QED) is 0.437. The molecular weight excluding hydrogens is 338 g/mol. The Balaban J connectivity index is 2.05. The van der Waals surface area contributed by atoms with Crippen molar-refractivity contribution in [3.63, 3.8) is 0 Å². The van der Waals surface area contributed by atoms with Crippen LogP contribution in [0.25, 0.3) is 0 Å². The van der Waals surface area contributed by atoms with Gasteiger partial charge in [0.05, 0.1) is 11.2 Å². The van der Waals surface area contributed by atoms with Crippen molar-refractivity contribution in [3.05, 3.63) is 52.5 Å². The van der Waals surface area contributed by atoms with Gasteiger partial charge in [0.2, 0.25) is 0 Å². The monoisotopic (exact) mass is 353 g/mol. The number of hydrogen-bond donors (Lipinski definition) is 2. The number of nitrogens with zero attached hydrogens (tertiary/aromatic N) is 1. The van der Waals surface area contributed by atoms with Crippen LogP contribution in [-0.4, -0.2) is 38.6 Å². The number of carbonyl (C=O) groups is 1. The van der Waals surface area contributed by atoms with Gasteiger partial charge in [-0.2, -0.15) is 0 Å². The summed E-state index contributed by atoms with van der Waals surface area (Å²) in [5.41, 5.74) is -0.451. The molecule has 0 fully saturated rings. The van der Waals surface area contributed by atoms with Gasteiger partial charge < -0.3 is 15.1 Å². The first kappa shape index (κ1) is 17.5. The highest BCUT2D eigenvalue weighted by atomic mass is 32.2. The van der Waals surface area contributed by atoms with Crippen LogP contribution in [0.2, 0.25) is 0 Å². The second-order valence-corrected chi connectivity index (χ2v) is 6.83. The maximum Gasteiger partial charge on any atom is 0.310 e. The average molecular weight is 353 g/mol. The molecule has 0 aliphatic carbocycles. The van der Waals surface area contributed by atoms with Crippen molar-refractivity contribution in [2.75, 3.05) is 24.7 Å². The Morgan fingerprint density at radius 3 is 2.58 bits per heavy atom. The summed E-state index contributed by atoms with van der Waals surface area (Å²) in [4.78, 5) is 21.7. The van der Waals surface area contributed by atoms with Crippen molar-refractivity contribution >= 4 is 27.1 Å². The molecule has 1 aromatic carbocycles. The topological polar surface area (TPSA) is 132 Å². The molecule has 2 rings (SSSR count). The Morgan fingerprint density at radius 1 is 1.25 bits per heavy atom. The van der Waals surface area contributed by atoms with Crippen molar-refractivity contribution in [1.82, 2.24) is 5.32 Å². The lowest BCUT2D eigenvalue weighted by Crippen LogP contribution is -2.28. The van der Waals surface area contributed by atoms with Crippen molar-refractivity contribution in [2.24, 2.45) is 0 Å². The first-order valence-corrected chi connectivity index (χ1v) is 8.73. The Morgan fingerprint density at radius 2 is 2.00 bits per heavy atom. The Bertz CT molecular complexity index is 845. The number of rotatable bonds is 7. The van der Waals surface area contributed by atoms with Gasteiger partial charge in [-0.25, -0.2) is 8.42 Å². The second kappa shape index (κ2) is 7.13. The minimum absolute atomic E-state index is 0.0650. The van der Waals surface area contributed by atoms with E-state index in [2.05, 4.69) is 10.6 Å². The van der Waals surface area contributed by atoms with Crippen LogP contribution >= 0.6 is 0 Å².